The number of fused-ring (bicyclic) bond motifs is 1. The van der Waals surface area contributed by atoms with Crippen LogP contribution in [0.2, 0.25) is 0 Å². The molecule has 1 aliphatic rings. The summed E-state index contributed by atoms with van der Waals surface area (Å²) < 4.78 is 0. The van der Waals surface area contributed by atoms with Crippen molar-refractivity contribution in [2.45, 2.75) is 25.8 Å². The van der Waals surface area contributed by atoms with Gasteiger partial charge in [0, 0.05) is 42.3 Å². The summed E-state index contributed by atoms with van der Waals surface area (Å²) in [7, 11) is 0. The molecular formula is C22H24ClN7O. The average molecular weight is 438 g/mol. The predicted octanol–water partition coefficient (Wildman–Crippen LogP) is 3.35. The Bertz CT molecular complexity index is 1140. The lowest BCUT2D eigenvalue weighted by Crippen LogP contribution is -2.36. The number of rotatable bonds is 5. The first-order chi connectivity index (χ1) is 14.6. The molecule has 1 aliphatic heterocycles. The number of nitrogens with two attached hydrogens (primary N) is 1. The Morgan fingerprint density at radius 1 is 1.29 bits per heavy atom. The van der Waals surface area contributed by atoms with Crippen molar-refractivity contribution in [3.05, 3.63) is 48.0 Å². The molecule has 1 amide bonds. The molecule has 0 unspecified atom stereocenters. The lowest BCUT2D eigenvalue weighted by molar-refractivity contribution is -0.121. The second kappa shape index (κ2) is 9.49. The van der Waals surface area contributed by atoms with E-state index < -0.39 is 0 Å². The summed E-state index contributed by atoms with van der Waals surface area (Å²) in [4.78, 5) is 23.3. The minimum absolute atomic E-state index is 0. The Kier molecular flexibility index (Phi) is 6.78. The number of aromatic nitrogens is 2. The van der Waals surface area contributed by atoms with Crippen LogP contribution in [-0.4, -0.2) is 35.0 Å². The van der Waals surface area contributed by atoms with Gasteiger partial charge in [-0.05, 0) is 36.8 Å². The largest absolute Gasteiger partial charge is 0.399 e. The Hall–Kier alpha value is -3.57. The third-order valence-corrected chi connectivity index (χ3v) is 5.10. The first-order valence-electron chi connectivity index (χ1n) is 9.94. The lowest BCUT2D eigenvalue weighted by atomic mass is 10.2. The van der Waals surface area contributed by atoms with Crippen LogP contribution in [0.3, 0.4) is 0 Å². The molecule has 1 aromatic heterocycles. The van der Waals surface area contributed by atoms with Gasteiger partial charge in [0.15, 0.2) is 0 Å². The van der Waals surface area contributed by atoms with Gasteiger partial charge in [-0.1, -0.05) is 19.1 Å². The number of carbonyl (C=O) groups excluding carboxylic acids is 1. The second-order valence-electron chi connectivity index (χ2n) is 7.32. The molecule has 160 valence electrons. The van der Waals surface area contributed by atoms with Crippen LogP contribution < -0.4 is 21.3 Å². The Balaban J connectivity index is 0.00000272. The van der Waals surface area contributed by atoms with Crippen LogP contribution in [0.15, 0.2) is 42.5 Å². The molecular weight excluding hydrogens is 414 g/mol. The summed E-state index contributed by atoms with van der Waals surface area (Å²) in [5.74, 6) is 1.31. The summed E-state index contributed by atoms with van der Waals surface area (Å²) >= 11 is 0. The highest BCUT2D eigenvalue weighted by Crippen LogP contribution is 2.29. The monoisotopic (exact) mass is 437 g/mol. The van der Waals surface area contributed by atoms with Crippen LogP contribution in [0.1, 0.15) is 25.3 Å². The summed E-state index contributed by atoms with van der Waals surface area (Å²) in [6.45, 7) is 3.35. The maximum atomic E-state index is 11.8. The van der Waals surface area contributed by atoms with Crippen molar-refractivity contribution in [2.75, 3.05) is 29.0 Å². The molecule has 8 nitrogen and oxygen atoms in total. The van der Waals surface area contributed by atoms with E-state index in [1.165, 1.54) is 0 Å². The average Bonchev–Trinajstić information content (AvgIpc) is 3.20. The van der Waals surface area contributed by atoms with Gasteiger partial charge in [0.05, 0.1) is 17.1 Å². The number of nitrogen functional groups attached to an aromatic ring is 1. The number of para-hydroxylation sites is 1. The number of carbonyl (C=O) groups is 1. The van der Waals surface area contributed by atoms with Crippen molar-refractivity contribution in [1.82, 2.24) is 15.3 Å². The van der Waals surface area contributed by atoms with E-state index >= 15 is 0 Å². The van der Waals surface area contributed by atoms with E-state index in [4.69, 9.17) is 10.7 Å². The molecule has 1 fully saturated rings. The van der Waals surface area contributed by atoms with Crippen LogP contribution >= 0.6 is 12.4 Å². The first-order valence-corrected chi connectivity index (χ1v) is 9.94. The maximum absolute atomic E-state index is 11.8. The quantitative estimate of drug-likeness (QED) is 0.523. The number of nitriles is 1. The van der Waals surface area contributed by atoms with Crippen LogP contribution in [0.5, 0.6) is 0 Å². The summed E-state index contributed by atoms with van der Waals surface area (Å²) in [6.07, 6.45) is 1.35. The van der Waals surface area contributed by atoms with Crippen molar-refractivity contribution in [2.24, 2.45) is 0 Å². The lowest BCUT2D eigenvalue weighted by Gasteiger charge is -2.20. The number of anilines is 4. The van der Waals surface area contributed by atoms with Gasteiger partial charge in [0.1, 0.15) is 5.82 Å². The molecule has 0 bridgehead atoms. The van der Waals surface area contributed by atoms with Gasteiger partial charge in [0.2, 0.25) is 11.9 Å². The number of nitrogens with zero attached hydrogens (tertiary/aromatic N) is 4. The van der Waals surface area contributed by atoms with Crippen LogP contribution in [-0.2, 0) is 4.79 Å². The highest BCUT2D eigenvalue weighted by Gasteiger charge is 2.26. The van der Waals surface area contributed by atoms with E-state index in [9.17, 15) is 10.1 Å². The molecule has 4 N–H and O–H groups in total. The molecule has 3 aromatic rings. The molecule has 1 atom stereocenters. The predicted molar refractivity (Wildman–Crippen MR) is 125 cm³/mol. The van der Waals surface area contributed by atoms with Gasteiger partial charge in [-0.3, -0.25) is 4.79 Å². The fourth-order valence-electron chi connectivity index (χ4n) is 3.67. The standard InChI is InChI=1S/C22H23N7O.ClH/c1-2-20(30)25-16-7-8-29(13-16)21-18-5-3-4-6-19(18)27-22(28-21)26-17-10-14(12-23)9-15(24)11-17;/h3-6,9-11,16H,2,7-8,13,24H2,1H3,(H,25,30)(H,26,27,28);1H/t16-;/m0./s1. The number of amides is 1. The highest BCUT2D eigenvalue weighted by molar-refractivity contribution is 5.91. The summed E-state index contributed by atoms with van der Waals surface area (Å²) in [5, 5.41) is 16.4. The molecule has 0 spiro atoms. The minimum Gasteiger partial charge on any atom is -0.399 e. The van der Waals surface area contributed by atoms with Crippen molar-refractivity contribution >= 4 is 52.4 Å². The SMILES string of the molecule is CCC(=O)N[C@H]1CCN(c2nc(Nc3cc(N)cc(C#N)c3)nc3ccccc23)C1.Cl. The first kappa shape index (κ1) is 22.1. The van der Waals surface area contributed by atoms with Crippen molar-refractivity contribution in [1.29, 1.82) is 5.26 Å². The topological polar surface area (TPSA) is 120 Å². The zero-order valence-corrected chi connectivity index (χ0v) is 17.9. The number of nitrogens with one attached hydrogen (secondary N) is 2. The second-order valence-corrected chi connectivity index (χ2v) is 7.32. The van der Waals surface area contributed by atoms with Crippen LogP contribution in [0.4, 0.5) is 23.1 Å². The molecule has 4 rings (SSSR count). The Morgan fingerprint density at radius 2 is 2.10 bits per heavy atom. The van der Waals surface area contributed by atoms with E-state index in [1.54, 1.807) is 18.2 Å². The molecule has 0 aliphatic carbocycles. The van der Waals surface area contributed by atoms with Crippen molar-refractivity contribution in [3.63, 3.8) is 0 Å². The smallest absolute Gasteiger partial charge is 0.229 e. The molecule has 1 saturated heterocycles. The third-order valence-electron chi connectivity index (χ3n) is 5.10. The van der Waals surface area contributed by atoms with Gasteiger partial charge in [-0.15, -0.1) is 12.4 Å². The number of benzene rings is 2. The summed E-state index contributed by atoms with van der Waals surface area (Å²) in [6, 6.07) is 15.1. The van der Waals surface area contributed by atoms with Gasteiger partial charge in [0.25, 0.3) is 0 Å². The van der Waals surface area contributed by atoms with E-state index in [2.05, 4.69) is 26.6 Å². The van der Waals surface area contributed by atoms with Gasteiger partial charge in [-0.25, -0.2) is 4.98 Å². The van der Waals surface area contributed by atoms with Gasteiger partial charge < -0.3 is 21.3 Å². The Labute approximate surface area is 186 Å². The van der Waals surface area contributed by atoms with E-state index in [1.807, 2.05) is 31.2 Å². The molecule has 0 radical (unpaired) electrons. The fourth-order valence-corrected chi connectivity index (χ4v) is 3.67. The van der Waals surface area contributed by atoms with Gasteiger partial charge in [-0.2, -0.15) is 10.2 Å². The Morgan fingerprint density at radius 3 is 2.87 bits per heavy atom. The molecule has 0 saturated carbocycles. The number of hydrogen-bond donors (Lipinski definition) is 3. The van der Waals surface area contributed by atoms with E-state index in [-0.39, 0.29) is 24.4 Å². The van der Waals surface area contributed by atoms with Crippen LogP contribution in [0, 0.1) is 11.3 Å². The van der Waals surface area contributed by atoms with Crippen molar-refractivity contribution < 1.29 is 4.79 Å². The fraction of sp³-hybridized carbons (Fsp3) is 0.273. The molecule has 31 heavy (non-hydrogen) atoms. The third kappa shape index (κ3) is 4.95. The molecule has 9 heteroatoms. The molecule has 2 aromatic carbocycles. The van der Waals surface area contributed by atoms with E-state index in [0.29, 0.717) is 35.9 Å². The van der Waals surface area contributed by atoms with Gasteiger partial charge >= 0.3 is 0 Å². The molecule has 2 heterocycles. The van der Waals surface area contributed by atoms with Crippen molar-refractivity contribution in [3.8, 4) is 6.07 Å². The minimum atomic E-state index is 0. The summed E-state index contributed by atoms with van der Waals surface area (Å²) in [5.41, 5.74) is 8.33. The maximum Gasteiger partial charge on any atom is 0.229 e. The zero-order valence-electron chi connectivity index (χ0n) is 17.1. The van der Waals surface area contributed by atoms with Crippen LogP contribution in [0.25, 0.3) is 10.9 Å². The zero-order chi connectivity index (χ0) is 21.1. The number of hydrogen-bond acceptors (Lipinski definition) is 7. The number of halogens is 1. The normalized spacial score (nSPS) is 15.2. The van der Waals surface area contributed by atoms with E-state index in [0.717, 1.165) is 29.7 Å². The highest BCUT2D eigenvalue weighted by atomic mass is 35.5.